The number of nitrogens with zero attached hydrogens (tertiary/aromatic N) is 6. The molecule has 166 valence electrons. The van der Waals surface area contributed by atoms with E-state index in [4.69, 9.17) is 26.3 Å². The summed E-state index contributed by atoms with van der Waals surface area (Å²) in [6.45, 7) is 4.68. The number of aliphatic imine (C=N–C) groups is 1. The number of nitrogens with one attached hydrogen (secondary N) is 1. The molecule has 9 heteroatoms. The van der Waals surface area contributed by atoms with E-state index in [0.29, 0.717) is 11.0 Å². The number of hydrogen-bond donors (Lipinski definition) is 1. The van der Waals surface area contributed by atoms with Crippen molar-refractivity contribution in [3.63, 3.8) is 0 Å². The maximum atomic E-state index is 6.48. The van der Waals surface area contributed by atoms with Crippen molar-refractivity contribution in [2.45, 2.75) is 0 Å². The normalized spacial score (nSPS) is 17.2. The highest BCUT2D eigenvalue weighted by Crippen LogP contribution is 2.37. The number of rotatable bonds is 4. The minimum Gasteiger partial charge on any atom is -0.378 e. The number of hydrogen-bond acceptors (Lipinski definition) is 8. The molecule has 8 nitrogen and oxygen atoms in total. The lowest BCUT2D eigenvalue weighted by Gasteiger charge is -2.28. The lowest BCUT2D eigenvalue weighted by molar-refractivity contribution is 0.122. The van der Waals surface area contributed by atoms with E-state index in [0.717, 1.165) is 79.3 Å². The van der Waals surface area contributed by atoms with Crippen LogP contribution in [0.25, 0.3) is 11.6 Å². The lowest BCUT2D eigenvalue weighted by Crippen LogP contribution is -2.36. The molecular formula is C24H22ClN7O. The van der Waals surface area contributed by atoms with Crippen LogP contribution in [0.1, 0.15) is 11.1 Å². The highest BCUT2D eigenvalue weighted by molar-refractivity contribution is 6.40. The summed E-state index contributed by atoms with van der Waals surface area (Å²) in [5.41, 5.74) is 3.74. The minimum atomic E-state index is 0.524. The largest absolute Gasteiger partial charge is 0.378 e. The predicted octanol–water partition coefficient (Wildman–Crippen LogP) is 3.88. The van der Waals surface area contributed by atoms with Gasteiger partial charge in [-0.1, -0.05) is 29.8 Å². The number of anilines is 4. The maximum Gasteiger partial charge on any atom is 0.229 e. The number of pyridine rings is 1. The second kappa shape index (κ2) is 8.46. The Bertz CT molecular complexity index is 1250. The Balaban J connectivity index is 1.28. The van der Waals surface area contributed by atoms with Crippen molar-refractivity contribution >= 4 is 52.4 Å². The van der Waals surface area contributed by atoms with Crippen LogP contribution in [0.5, 0.6) is 0 Å². The van der Waals surface area contributed by atoms with Crippen LogP contribution in [0.2, 0.25) is 5.02 Å². The van der Waals surface area contributed by atoms with Gasteiger partial charge in [0.25, 0.3) is 0 Å². The molecule has 3 aliphatic rings. The molecule has 1 fully saturated rings. The smallest absolute Gasteiger partial charge is 0.229 e. The molecular weight excluding hydrogens is 438 g/mol. The molecule has 3 aliphatic heterocycles. The molecule has 1 saturated heterocycles. The lowest BCUT2D eigenvalue weighted by atomic mass is 9.98. The molecule has 1 aromatic carbocycles. The van der Waals surface area contributed by atoms with Crippen LogP contribution >= 0.6 is 11.6 Å². The molecule has 5 heterocycles. The van der Waals surface area contributed by atoms with Crippen LogP contribution < -0.4 is 15.1 Å². The van der Waals surface area contributed by atoms with Crippen molar-refractivity contribution in [2.75, 3.05) is 54.5 Å². The molecule has 1 N–H and O–H groups in total. The van der Waals surface area contributed by atoms with Gasteiger partial charge in [-0.25, -0.2) is 9.97 Å². The first-order chi connectivity index (χ1) is 16.3. The van der Waals surface area contributed by atoms with E-state index >= 15 is 0 Å². The number of fused-ring (bicyclic) bond motifs is 3. The number of ether oxygens (including phenoxy) is 1. The highest BCUT2D eigenvalue weighted by atomic mass is 35.5. The van der Waals surface area contributed by atoms with E-state index < -0.39 is 0 Å². The Labute approximate surface area is 196 Å². The van der Waals surface area contributed by atoms with Crippen LogP contribution in [0.15, 0.2) is 53.8 Å². The Hall–Kier alpha value is -3.49. The van der Waals surface area contributed by atoms with Gasteiger partial charge in [0.1, 0.15) is 17.5 Å². The van der Waals surface area contributed by atoms with Gasteiger partial charge in [0, 0.05) is 47.6 Å². The van der Waals surface area contributed by atoms with Gasteiger partial charge in [0.2, 0.25) is 5.95 Å². The average molecular weight is 460 g/mol. The minimum absolute atomic E-state index is 0.524. The number of benzene rings is 1. The molecule has 0 unspecified atom stereocenters. The van der Waals surface area contributed by atoms with E-state index in [9.17, 15) is 0 Å². The molecule has 33 heavy (non-hydrogen) atoms. The third-order valence-corrected chi connectivity index (χ3v) is 6.27. The van der Waals surface area contributed by atoms with Crippen molar-refractivity contribution in [2.24, 2.45) is 4.99 Å². The van der Waals surface area contributed by atoms with Gasteiger partial charge in [0.15, 0.2) is 0 Å². The van der Waals surface area contributed by atoms with Crippen LogP contribution in [0.4, 0.5) is 23.3 Å². The fourth-order valence-corrected chi connectivity index (χ4v) is 4.55. The van der Waals surface area contributed by atoms with E-state index in [1.54, 1.807) is 0 Å². The summed E-state index contributed by atoms with van der Waals surface area (Å²) in [7, 11) is 0. The first-order valence-electron chi connectivity index (χ1n) is 11.0. The maximum absolute atomic E-state index is 6.48. The van der Waals surface area contributed by atoms with Crippen molar-refractivity contribution in [1.29, 1.82) is 0 Å². The highest BCUT2D eigenvalue weighted by Gasteiger charge is 2.31. The van der Waals surface area contributed by atoms with Crippen LogP contribution in [-0.4, -0.2) is 60.2 Å². The summed E-state index contributed by atoms with van der Waals surface area (Å²) in [5.74, 6) is 3.22. The Morgan fingerprint density at radius 1 is 0.970 bits per heavy atom. The second-order valence-electron chi connectivity index (χ2n) is 8.00. The van der Waals surface area contributed by atoms with Crippen LogP contribution in [0, 0.1) is 0 Å². The van der Waals surface area contributed by atoms with Gasteiger partial charge in [0.05, 0.1) is 31.6 Å². The Kier molecular flexibility index (Phi) is 5.16. The van der Waals surface area contributed by atoms with Gasteiger partial charge in [-0.05, 0) is 24.3 Å². The Morgan fingerprint density at radius 3 is 2.67 bits per heavy atom. The van der Waals surface area contributed by atoms with E-state index in [2.05, 4.69) is 31.2 Å². The SMILES string of the molecule is Clc1ccccc1C1=Cc2cnc(Nc3ccc(N4CCOCC4)nc3)nc2N2CCN=C12. The van der Waals surface area contributed by atoms with E-state index in [1.807, 2.05) is 48.8 Å². The number of aromatic nitrogens is 3. The zero-order chi connectivity index (χ0) is 22.2. The molecule has 0 aliphatic carbocycles. The summed E-state index contributed by atoms with van der Waals surface area (Å²) in [5, 5.41) is 3.98. The van der Waals surface area contributed by atoms with Gasteiger partial charge >= 0.3 is 0 Å². The Morgan fingerprint density at radius 2 is 1.85 bits per heavy atom. The van der Waals surface area contributed by atoms with Crippen molar-refractivity contribution in [3.8, 4) is 0 Å². The quantitative estimate of drug-likeness (QED) is 0.634. The molecule has 3 aromatic rings. The fourth-order valence-electron chi connectivity index (χ4n) is 4.31. The summed E-state index contributed by atoms with van der Waals surface area (Å²) < 4.78 is 5.42. The average Bonchev–Trinajstić information content (AvgIpc) is 3.36. The third-order valence-electron chi connectivity index (χ3n) is 5.94. The van der Waals surface area contributed by atoms with Crippen LogP contribution in [-0.2, 0) is 4.74 Å². The molecule has 0 saturated carbocycles. The zero-order valence-electron chi connectivity index (χ0n) is 17.9. The first-order valence-corrected chi connectivity index (χ1v) is 11.4. The number of amidine groups is 1. The number of halogens is 1. The van der Waals surface area contributed by atoms with Gasteiger partial charge in [-0.2, -0.15) is 4.98 Å². The van der Waals surface area contributed by atoms with Crippen molar-refractivity contribution in [3.05, 3.63) is 64.9 Å². The first kappa shape index (κ1) is 20.1. The van der Waals surface area contributed by atoms with Gasteiger partial charge in [-0.3, -0.25) is 4.99 Å². The zero-order valence-corrected chi connectivity index (χ0v) is 18.7. The van der Waals surface area contributed by atoms with E-state index in [-0.39, 0.29) is 0 Å². The molecule has 0 bridgehead atoms. The van der Waals surface area contributed by atoms with Crippen LogP contribution in [0.3, 0.4) is 0 Å². The third kappa shape index (κ3) is 3.81. The molecule has 0 amide bonds. The molecule has 2 aromatic heterocycles. The molecule has 0 atom stereocenters. The summed E-state index contributed by atoms with van der Waals surface area (Å²) in [6.07, 6.45) is 5.72. The van der Waals surface area contributed by atoms with Gasteiger partial charge < -0.3 is 19.9 Å². The topological polar surface area (TPSA) is 78.8 Å². The molecule has 0 radical (unpaired) electrons. The monoisotopic (exact) mass is 459 g/mol. The van der Waals surface area contributed by atoms with E-state index in [1.165, 1.54) is 0 Å². The standard InChI is InChI=1S/C24H22ClN7O/c25-20-4-2-1-3-18(20)19-13-16-14-28-24(30-22(16)32-8-7-26-23(19)32)29-17-5-6-21(27-15-17)31-9-11-33-12-10-31/h1-6,13-15H,7-12H2,(H,28,29,30). The fraction of sp³-hybridized carbons (Fsp3) is 0.250. The summed E-state index contributed by atoms with van der Waals surface area (Å²) in [4.78, 5) is 23.0. The molecule has 6 rings (SSSR count). The summed E-state index contributed by atoms with van der Waals surface area (Å²) in [6, 6.07) is 11.8. The summed E-state index contributed by atoms with van der Waals surface area (Å²) >= 11 is 6.48. The van der Waals surface area contributed by atoms with Crippen molar-refractivity contribution in [1.82, 2.24) is 15.0 Å². The van der Waals surface area contributed by atoms with Crippen molar-refractivity contribution < 1.29 is 4.74 Å². The van der Waals surface area contributed by atoms with Gasteiger partial charge in [-0.15, -0.1) is 0 Å². The molecule has 0 spiro atoms. The second-order valence-corrected chi connectivity index (χ2v) is 8.40. The predicted molar refractivity (Wildman–Crippen MR) is 132 cm³/mol. The number of morpholine rings is 1.